The van der Waals surface area contributed by atoms with Crippen LogP contribution in [0.25, 0.3) is 0 Å². The van der Waals surface area contributed by atoms with Crippen LogP contribution >= 0.6 is 0 Å². The van der Waals surface area contributed by atoms with Gasteiger partial charge in [-0.05, 0) is 56.5 Å². The summed E-state index contributed by atoms with van der Waals surface area (Å²) in [6.07, 6.45) is 5.88. The minimum absolute atomic E-state index is 0.0224. The third-order valence-corrected chi connectivity index (χ3v) is 4.68. The Kier molecular flexibility index (Phi) is 6.82. The molecule has 24 heavy (non-hydrogen) atoms. The number of rotatable bonds is 9. The van der Waals surface area contributed by atoms with Gasteiger partial charge in [0.2, 0.25) is 5.91 Å². The van der Waals surface area contributed by atoms with E-state index in [1.165, 1.54) is 0 Å². The van der Waals surface area contributed by atoms with E-state index in [0.717, 1.165) is 51.1 Å². The molecule has 1 fully saturated rings. The Hall–Kier alpha value is -1.85. The van der Waals surface area contributed by atoms with E-state index in [1.807, 2.05) is 6.08 Å². The van der Waals surface area contributed by atoms with Gasteiger partial charge in [0.15, 0.2) is 0 Å². The Morgan fingerprint density at radius 3 is 2.79 bits per heavy atom. The number of aliphatic hydroxyl groups excluding tert-OH is 1. The second-order valence-corrected chi connectivity index (χ2v) is 6.62. The number of hydrogen-bond acceptors (Lipinski definition) is 4. The summed E-state index contributed by atoms with van der Waals surface area (Å²) in [5.41, 5.74) is 5.68. The topological polar surface area (TPSA) is 75.8 Å². The number of benzene rings is 1. The smallest absolute Gasteiger partial charge is 0.248 e. The molecule has 0 radical (unpaired) electrons. The third kappa shape index (κ3) is 5.08. The lowest BCUT2D eigenvalue weighted by molar-refractivity contribution is 0.0325. The molecule has 0 aliphatic carbocycles. The molecule has 0 bridgehead atoms. The van der Waals surface area contributed by atoms with Gasteiger partial charge in [0.05, 0.1) is 13.2 Å². The molecule has 1 aromatic carbocycles. The molecule has 0 aromatic heterocycles. The number of primary amides is 1. The van der Waals surface area contributed by atoms with Crippen molar-refractivity contribution in [2.45, 2.75) is 25.7 Å². The Morgan fingerprint density at radius 2 is 2.17 bits per heavy atom. The van der Waals surface area contributed by atoms with Crippen molar-refractivity contribution in [2.24, 2.45) is 11.1 Å². The monoisotopic (exact) mass is 332 g/mol. The Bertz CT molecular complexity index is 544. The summed E-state index contributed by atoms with van der Waals surface area (Å²) in [5.74, 6) is 0.313. The van der Waals surface area contributed by atoms with Gasteiger partial charge in [-0.2, -0.15) is 0 Å². The van der Waals surface area contributed by atoms with Gasteiger partial charge in [0.25, 0.3) is 0 Å². The highest BCUT2D eigenvalue weighted by atomic mass is 16.5. The van der Waals surface area contributed by atoms with Crippen LogP contribution < -0.4 is 10.5 Å². The molecule has 5 heteroatoms. The summed E-state index contributed by atoms with van der Waals surface area (Å²) in [4.78, 5) is 13.4. The van der Waals surface area contributed by atoms with Gasteiger partial charge in [-0.3, -0.25) is 4.79 Å². The second-order valence-electron chi connectivity index (χ2n) is 6.62. The predicted molar refractivity (Wildman–Crippen MR) is 95.1 cm³/mol. The minimum Gasteiger partial charge on any atom is -0.494 e. The van der Waals surface area contributed by atoms with E-state index in [2.05, 4.69) is 11.5 Å². The number of carbonyl (C=O) groups is 1. The van der Waals surface area contributed by atoms with Gasteiger partial charge in [0, 0.05) is 24.1 Å². The summed E-state index contributed by atoms with van der Waals surface area (Å²) in [7, 11) is 0. The number of piperidine rings is 1. The standard InChI is InChI=1S/C19H28N2O3/c1-2-9-19(15-22)10-3-11-21(14-19)12-4-13-24-17-7-5-16(6-8-17)18(20)23/h2,5-8,22H,1,3-4,9-15H2,(H2,20,23)/t19-/m0/s1. The second kappa shape index (κ2) is 8.85. The summed E-state index contributed by atoms with van der Waals surface area (Å²) in [6, 6.07) is 6.88. The third-order valence-electron chi connectivity index (χ3n) is 4.68. The van der Waals surface area contributed by atoms with Gasteiger partial charge in [-0.15, -0.1) is 6.58 Å². The molecule has 1 amide bonds. The van der Waals surface area contributed by atoms with Gasteiger partial charge >= 0.3 is 0 Å². The van der Waals surface area contributed by atoms with E-state index in [-0.39, 0.29) is 12.0 Å². The summed E-state index contributed by atoms with van der Waals surface area (Å²) >= 11 is 0. The number of amides is 1. The molecule has 2 rings (SSSR count). The molecule has 0 saturated carbocycles. The first-order valence-electron chi connectivity index (χ1n) is 8.55. The maximum atomic E-state index is 11.0. The van der Waals surface area contributed by atoms with E-state index >= 15 is 0 Å². The average Bonchev–Trinajstić information content (AvgIpc) is 2.60. The molecule has 5 nitrogen and oxygen atoms in total. The van der Waals surface area contributed by atoms with Crippen molar-refractivity contribution < 1.29 is 14.6 Å². The molecular formula is C19H28N2O3. The van der Waals surface area contributed by atoms with Crippen molar-refractivity contribution in [3.8, 4) is 5.75 Å². The number of hydrogen-bond donors (Lipinski definition) is 2. The number of carbonyl (C=O) groups excluding carboxylic acids is 1. The molecule has 1 aliphatic heterocycles. The Labute approximate surface area is 144 Å². The van der Waals surface area contributed by atoms with Crippen molar-refractivity contribution >= 4 is 5.91 Å². The van der Waals surface area contributed by atoms with E-state index in [1.54, 1.807) is 24.3 Å². The Morgan fingerprint density at radius 1 is 1.42 bits per heavy atom. The minimum atomic E-state index is -0.432. The van der Waals surface area contributed by atoms with Gasteiger partial charge in [0.1, 0.15) is 5.75 Å². The fourth-order valence-corrected chi connectivity index (χ4v) is 3.36. The summed E-state index contributed by atoms with van der Waals surface area (Å²) in [6.45, 7) is 7.62. The fourth-order valence-electron chi connectivity index (χ4n) is 3.36. The first-order valence-corrected chi connectivity index (χ1v) is 8.55. The maximum absolute atomic E-state index is 11.0. The molecule has 1 atom stereocenters. The van der Waals surface area contributed by atoms with Crippen LogP contribution in [0.1, 0.15) is 36.0 Å². The number of ether oxygens (including phenoxy) is 1. The van der Waals surface area contributed by atoms with Crippen LogP contribution in [0.3, 0.4) is 0 Å². The highest BCUT2D eigenvalue weighted by molar-refractivity contribution is 5.92. The molecule has 1 aliphatic rings. The fraction of sp³-hybridized carbons (Fsp3) is 0.526. The first kappa shape index (κ1) is 18.5. The van der Waals surface area contributed by atoms with Crippen LogP contribution in [0.15, 0.2) is 36.9 Å². The van der Waals surface area contributed by atoms with Gasteiger partial charge in [-0.1, -0.05) is 6.08 Å². The molecule has 0 spiro atoms. The van der Waals surface area contributed by atoms with Crippen LogP contribution in [-0.4, -0.2) is 48.8 Å². The molecule has 1 aromatic rings. The molecule has 3 N–H and O–H groups in total. The maximum Gasteiger partial charge on any atom is 0.248 e. The summed E-state index contributed by atoms with van der Waals surface area (Å²) in [5, 5.41) is 9.74. The van der Waals surface area contributed by atoms with Crippen LogP contribution in [0, 0.1) is 5.41 Å². The normalized spacial score (nSPS) is 21.4. The van der Waals surface area contributed by atoms with E-state index in [0.29, 0.717) is 12.2 Å². The highest BCUT2D eigenvalue weighted by Crippen LogP contribution is 2.33. The van der Waals surface area contributed by atoms with Crippen molar-refractivity contribution in [2.75, 3.05) is 32.8 Å². The van der Waals surface area contributed by atoms with Gasteiger partial charge in [-0.25, -0.2) is 0 Å². The lowest BCUT2D eigenvalue weighted by Gasteiger charge is -2.41. The van der Waals surface area contributed by atoms with Crippen LogP contribution in [-0.2, 0) is 0 Å². The molecule has 0 unspecified atom stereocenters. The zero-order valence-electron chi connectivity index (χ0n) is 14.2. The first-order chi connectivity index (χ1) is 11.6. The molecule has 1 saturated heterocycles. The summed E-state index contributed by atoms with van der Waals surface area (Å²) < 4.78 is 5.71. The van der Waals surface area contributed by atoms with Crippen molar-refractivity contribution in [3.05, 3.63) is 42.5 Å². The van der Waals surface area contributed by atoms with Crippen LogP contribution in [0.2, 0.25) is 0 Å². The van der Waals surface area contributed by atoms with E-state index in [9.17, 15) is 9.90 Å². The van der Waals surface area contributed by atoms with Crippen LogP contribution in [0.5, 0.6) is 5.75 Å². The Balaban J connectivity index is 1.73. The lowest BCUT2D eigenvalue weighted by atomic mass is 9.78. The number of likely N-dealkylation sites (tertiary alicyclic amines) is 1. The quantitative estimate of drug-likeness (QED) is 0.537. The van der Waals surface area contributed by atoms with Gasteiger partial charge < -0.3 is 20.5 Å². The molecular weight excluding hydrogens is 304 g/mol. The number of allylic oxidation sites excluding steroid dienone is 1. The number of aliphatic hydroxyl groups is 1. The van der Waals surface area contributed by atoms with Crippen molar-refractivity contribution in [1.29, 1.82) is 0 Å². The molecule has 1 heterocycles. The van der Waals surface area contributed by atoms with E-state index in [4.69, 9.17) is 10.5 Å². The zero-order valence-corrected chi connectivity index (χ0v) is 14.2. The van der Waals surface area contributed by atoms with Crippen LogP contribution in [0.4, 0.5) is 0 Å². The highest BCUT2D eigenvalue weighted by Gasteiger charge is 2.33. The number of nitrogens with two attached hydrogens (primary N) is 1. The van der Waals surface area contributed by atoms with Crippen molar-refractivity contribution in [3.63, 3.8) is 0 Å². The lowest BCUT2D eigenvalue weighted by Crippen LogP contribution is -2.45. The zero-order chi connectivity index (χ0) is 17.4. The average molecular weight is 332 g/mol. The number of nitrogens with zero attached hydrogens (tertiary/aromatic N) is 1. The van der Waals surface area contributed by atoms with Crippen molar-refractivity contribution in [1.82, 2.24) is 4.90 Å². The predicted octanol–water partition coefficient (Wildman–Crippen LogP) is 2.21. The largest absolute Gasteiger partial charge is 0.494 e. The molecule has 132 valence electrons. The SMILES string of the molecule is C=CC[C@]1(CO)CCCN(CCCOc2ccc(C(N)=O)cc2)C1. The van der Waals surface area contributed by atoms with E-state index < -0.39 is 5.91 Å².